The summed E-state index contributed by atoms with van der Waals surface area (Å²) in [7, 11) is -3.72. The van der Waals surface area contributed by atoms with Gasteiger partial charge in [-0.25, -0.2) is 13.1 Å². The molecule has 0 aliphatic carbocycles. The van der Waals surface area contributed by atoms with E-state index in [1.165, 1.54) is 24.3 Å². The third-order valence-corrected chi connectivity index (χ3v) is 3.61. The summed E-state index contributed by atoms with van der Waals surface area (Å²) in [6.45, 7) is 3.39. The molecule has 0 aliphatic rings. The highest BCUT2D eigenvalue weighted by Crippen LogP contribution is 2.14. The number of carbonyl (C=O) groups is 1. The topological polar surface area (TPSA) is 75.3 Å². The standard InChI is InChI=1S/C11H13ClN2O3S/c1-2-6-13-11(15)8-14-18(16,17)10-5-3-4-9(12)7-10/h2-5,7,14H,1,6,8H2,(H,13,15). The SMILES string of the molecule is C=CCNC(=O)CNS(=O)(=O)c1cccc(Cl)c1. The zero-order valence-corrected chi connectivity index (χ0v) is 11.1. The number of carbonyl (C=O) groups excluding carboxylic acids is 1. The molecular weight excluding hydrogens is 276 g/mol. The molecule has 1 rings (SSSR count). The Morgan fingerprint density at radius 1 is 1.44 bits per heavy atom. The molecule has 98 valence electrons. The zero-order valence-electron chi connectivity index (χ0n) is 9.52. The summed E-state index contributed by atoms with van der Waals surface area (Å²) < 4.78 is 25.8. The Kier molecular flexibility index (Phi) is 5.33. The number of amides is 1. The molecule has 1 aromatic carbocycles. The maximum absolute atomic E-state index is 11.8. The Bertz CT molecular complexity index is 543. The minimum absolute atomic E-state index is 0.0199. The zero-order chi connectivity index (χ0) is 13.6. The van der Waals surface area contributed by atoms with Gasteiger partial charge in [-0.05, 0) is 18.2 Å². The van der Waals surface area contributed by atoms with Gasteiger partial charge in [0, 0.05) is 11.6 Å². The quantitative estimate of drug-likeness (QED) is 0.765. The van der Waals surface area contributed by atoms with Crippen LogP contribution in [0.3, 0.4) is 0 Å². The maximum atomic E-state index is 11.8. The molecule has 0 saturated carbocycles. The highest BCUT2D eigenvalue weighted by molar-refractivity contribution is 7.89. The smallest absolute Gasteiger partial charge is 0.241 e. The van der Waals surface area contributed by atoms with Gasteiger partial charge < -0.3 is 5.32 Å². The van der Waals surface area contributed by atoms with Crippen molar-refractivity contribution in [1.29, 1.82) is 0 Å². The Hall–Kier alpha value is -1.37. The van der Waals surface area contributed by atoms with E-state index in [1.54, 1.807) is 6.07 Å². The van der Waals surface area contributed by atoms with E-state index >= 15 is 0 Å². The first kappa shape index (κ1) is 14.7. The van der Waals surface area contributed by atoms with Crippen LogP contribution in [0, 0.1) is 0 Å². The number of hydrogen-bond donors (Lipinski definition) is 2. The molecule has 0 aliphatic heterocycles. The summed E-state index contributed by atoms with van der Waals surface area (Å²) in [5, 5.41) is 2.77. The lowest BCUT2D eigenvalue weighted by molar-refractivity contribution is -0.119. The van der Waals surface area contributed by atoms with Gasteiger partial charge in [-0.3, -0.25) is 4.79 Å². The molecule has 5 nitrogen and oxygen atoms in total. The molecule has 0 spiro atoms. The Morgan fingerprint density at radius 2 is 2.17 bits per heavy atom. The van der Waals surface area contributed by atoms with E-state index in [2.05, 4.69) is 16.6 Å². The van der Waals surface area contributed by atoms with Gasteiger partial charge in [-0.1, -0.05) is 23.7 Å². The van der Waals surface area contributed by atoms with E-state index in [-0.39, 0.29) is 18.0 Å². The first-order valence-electron chi connectivity index (χ1n) is 5.08. The largest absolute Gasteiger partial charge is 0.352 e. The molecule has 2 N–H and O–H groups in total. The molecule has 0 atom stereocenters. The molecule has 0 saturated heterocycles. The van der Waals surface area contributed by atoms with Gasteiger partial charge in [0.2, 0.25) is 15.9 Å². The van der Waals surface area contributed by atoms with E-state index < -0.39 is 15.9 Å². The second kappa shape index (κ2) is 6.53. The summed E-state index contributed by atoms with van der Waals surface area (Å²) >= 11 is 5.70. The number of nitrogens with one attached hydrogen (secondary N) is 2. The van der Waals surface area contributed by atoms with Crippen molar-refractivity contribution in [1.82, 2.24) is 10.0 Å². The van der Waals surface area contributed by atoms with Crippen molar-refractivity contribution in [2.24, 2.45) is 0 Å². The predicted octanol–water partition coefficient (Wildman–Crippen LogP) is 0.921. The van der Waals surface area contributed by atoms with Gasteiger partial charge in [0.05, 0.1) is 11.4 Å². The van der Waals surface area contributed by atoms with Crippen molar-refractivity contribution < 1.29 is 13.2 Å². The first-order valence-corrected chi connectivity index (χ1v) is 6.94. The van der Waals surface area contributed by atoms with Crippen molar-refractivity contribution >= 4 is 27.5 Å². The van der Waals surface area contributed by atoms with Gasteiger partial charge in [0.1, 0.15) is 0 Å². The summed E-state index contributed by atoms with van der Waals surface area (Å²) in [5.74, 6) is -0.430. The Balaban J connectivity index is 2.66. The number of halogens is 1. The van der Waals surface area contributed by atoms with Crippen molar-refractivity contribution in [2.75, 3.05) is 13.1 Å². The molecule has 7 heteroatoms. The van der Waals surface area contributed by atoms with Gasteiger partial charge >= 0.3 is 0 Å². The predicted molar refractivity (Wildman–Crippen MR) is 69.8 cm³/mol. The van der Waals surface area contributed by atoms with Crippen molar-refractivity contribution in [3.8, 4) is 0 Å². The van der Waals surface area contributed by atoms with E-state index in [4.69, 9.17) is 11.6 Å². The molecule has 1 amide bonds. The lowest BCUT2D eigenvalue weighted by Gasteiger charge is -2.07. The highest BCUT2D eigenvalue weighted by Gasteiger charge is 2.15. The lowest BCUT2D eigenvalue weighted by Crippen LogP contribution is -2.36. The number of benzene rings is 1. The van der Waals surface area contributed by atoms with Crippen LogP contribution < -0.4 is 10.0 Å². The van der Waals surface area contributed by atoms with Crippen LogP contribution in [-0.2, 0) is 14.8 Å². The van der Waals surface area contributed by atoms with E-state index in [9.17, 15) is 13.2 Å². The second-order valence-corrected chi connectivity index (χ2v) is 5.58. The fourth-order valence-corrected chi connectivity index (χ4v) is 2.41. The highest BCUT2D eigenvalue weighted by atomic mass is 35.5. The van der Waals surface area contributed by atoms with Gasteiger partial charge in [0.15, 0.2) is 0 Å². The average Bonchev–Trinajstić information content (AvgIpc) is 2.34. The second-order valence-electron chi connectivity index (χ2n) is 3.37. The summed E-state index contributed by atoms with van der Waals surface area (Å²) in [5.41, 5.74) is 0. The molecule has 18 heavy (non-hydrogen) atoms. The van der Waals surface area contributed by atoms with Gasteiger partial charge in [0.25, 0.3) is 0 Å². The molecule has 0 aromatic heterocycles. The van der Waals surface area contributed by atoms with Crippen molar-refractivity contribution in [3.05, 3.63) is 41.9 Å². The van der Waals surface area contributed by atoms with E-state index in [0.29, 0.717) is 5.02 Å². The molecular formula is C11H13ClN2O3S. The van der Waals surface area contributed by atoms with E-state index in [0.717, 1.165) is 0 Å². The fraction of sp³-hybridized carbons (Fsp3) is 0.182. The molecule has 0 radical (unpaired) electrons. The average molecular weight is 289 g/mol. The summed E-state index contributed by atoms with van der Waals surface area (Å²) in [4.78, 5) is 11.3. The van der Waals surface area contributed by atoms with Crippen LogP contribution in [0.1, 0.15) is 0 Å². The number of rotatable bonds is 6. The van der Waals surface area contributed by atoms with Crippen LogP contribution >= 0.6 is 11.6 Å². The Labute approximate surface area is 111 Å². The summed E-state index contributed by atoms with van der Waals surface area (Å²) in [6, 6.07) is 5.80. The van der Waals surface area contributed by atoms with Crippen LogP contribution in [0.2, 0.25) is 5.02 Å². The van der Waals surface area contributed by atoms with Crippen LogP contribution in [0.25, 0.3) is 0 Å². The van der Waals surface area contributed by atoms with Crippen molar-refractivity contribution in [3.63, 3.8) is 0 Å². The van der Waals surface area contributed by atoms with Crippen LogP contribution in [-0.4, -0.2) is 27.4 Å². The summed E-state index contributed by atoms with van der Waals surface area (Å²) in [6.07, 6.45) is 1.50. The molecule has 0 unspecified atom stereocenters. The van der Waals surface area contributed by atoms with E-state index in [1.807, 2.05) is 0 Å². The number of hydrogen-bond acceptors (Lipinski definition) is 3. The molecule has 0 fully saturated rings. The number of sulfonamides is 1. The normalized spacial score (nSPS) is 10.9. The van der Waals surface area contributed by atoms with Gasteiger partial charge in [-0.2, -0.15) is 0 Å². The third kappa shape index (κ3) is 4.48. The van der Waals surface area contributed by atoms with Crippen molar-refractivity contribution in [2.45, 2.75) is 4.90 Å². The van der Waals surface area contributed by atoms with Crippen LogP contribution in [0.15, 0.2) is 41.8 Å². The minimum Gasteiger partial charge on any atom is -0.352 e. The maximum Gasteiger partial charge on any atom is 0.241 e. The van der Waals surface area contributed by atoms with Crippen LogP contribution in [0.5, 0.6) is 0 Å². The third-order valence-electron chi connectivity index (χ3n) is 1.97. The van der Waals surface area contributed by atoms with Crippen LogP contribution in [0.4, 0.5) is 0 Å². The van der Waals surface area contributed by atoms with Gasteiger partial charge in [-0.15, -0.1) is 6.58 Å². The molecule has 0 heterocycles. The monoisotopic (exact) mass is 288 g/mol. The Morgan fingerprint density at radius 3 is 2.78 bits per heavy atom. The lowest BCUT2D eigenvalue weighted by atomic mass is 10.4. The molecule has 0 bridgehead atoms. The first-order chi connectivity index (χ1) is 8.45. The molecule has 1 aromatic rings. The fourth-order valence-electron chi connectivity index (χ4n) is 1.13. The minimum atomic E-state index is -3.72.